The molecule has 17 heavy (non-hydrogen) atoms. The second-order valence-corrected chi connectivity index (χ2v) is 5.02. The van der Waals surface area contributed by atoms with Gasteiger partial charge < -0.3 is 0 Å². The normalized spacial score (nSPS) is 10.9. The maximum atomic E-state index is 6.35. The maximum Gasteiger partial charge on any atom is 0.112 e. The highest BCUT2D eigenvalue weighted by Crippen LogP contribution is 2.34. The van der Waals surface area contributed by atoms with Crippen LogP contribution in [0.4, 0.5) is 0 Å². The predicted octanol–water partition coefficient (Wildman–Crippen LogP) is 3.97. The van der Waals surface area contributed by atoms with Crippen LogP contribution >= 0.6 is 11.6 Å². The lowest BCUT2D eigenvalue weighted by atomic mass is 9.97. The average Bonchev–Trinajstić information content (AvgIpc) is 2.45. The van der Waals surface area contributed by atoms with Crippen LogP contribution in [0.1, 0.15) is 22.4 Å². The highest BCUT2D eigenvalue weighted by atomic mass is 35.5. The number of halogens is 1. The average molecular weight is 249 g/mol. The van der Waals surface area contributed by atoms with Crippen molar-refractivity contribution < 1.29 is 0 Å². The van der Waals surface area contributed by atoms with Crippen LogP contribution in [0.3, 0.4) is 0 Å². The molecular weight excluding hydrogens is 232 g/mol. The van der Waals surface area contributed by atoms with Gasteiger partial charge in [-0.1, -0.05) is 29.3 Å². The Labute approximate surface area is 107 Å². The molecule has 2 nitrogen and oxygen atoms in total. The monoisotopic (exact) mass is 248 g/mol. The summed E-state index contributed by atoms with van der Waals surface area (Å²) in [6.45, 7) is 8.30. The fourth-order valence-electron chi connectivity index (χ4n) is 2.30. The van der Waals surface area contributed by atoms with E-state index in [0.29, 0.717) is 0 Å². The van der Waals surface area contributed by atoms with Crippen molar-refractivity contribution in [1.82, 2.24) is 9.78 Å². The third-order valence-electron chi connectivity index (χ3n) is 3.17. The third-order valence-corrected chi connectivity index (χ3v) is 3.63. The summed E-state index contributed by atoms with van der Waals surface area (Å²) in [6, 6.07) is 4.34. The van der Waals surface area contributed by atoms with E-state index >= 15 is 0 Å². The first-order valence-corrected chi connectivity index (χ1v) is 6.07. The maximum absolute atomic E-state index is 6.35. The van der Waals surface area contributed by atoms with Crippen LogP contribution in [-0.2, 0) is 7.05 Å². The number of aromatic nitrogens is 2. The minimum Gasteiger partial charge on any atom is -0.271 e. The van der Waals surface area contributed by atoms with Crippen molar-refractivity contribution in [3.63, 3.8) is 0 Å². The lowest BCUT2D eigenvalue weighted by Crippen LogP contribution is -1.94. The molecule has 2 aromatic rings. The Morgan fingerprint density at radius 2 is 1.59 bits per heavy atom. The zero-order valence-corrected chi connectivity index (χ0v) is 11.7. The summed E-state index contributed by atoms with van der Waals surface area (Å²) in [6.07, 6.45) is 0. The molecule has 0 saturated carbocycles. The molecule has 0 aliphatic heterocycles. The summed E-state index contributed by atoms with van der Waals surface area (Å²) in [5.74, 6) is 0. The second-order valence-electron chi connectivity index (χ2n) is 4.65. The van der Waals surface area contributed by atoms with Gasteiger partial charge in [0, 0.05) is 12.6 Å². The summed E-state index contributed by atoms with van der Waals surface area (Å²) in [5, 5.41) is 5.27. The molecule has 0 atom stereocenters. The third kappa shape index (κ3) is 1.98. The molecule has 0 bridgehead atoms. The molecule has 0 unspecified atom stereocenters. The quantitative estimate of drug-likeness (QED) is 0.747. The first kappa shape index (κ1) is 12.2. The number of benzene rings is 1. The van der Waals surface area contributed by atoms with Gasteiger partial charge in [-0.2, -0.15) is 5.10 Å². The Morgan fingerprint density at radius 1 is 1.06 bits per heavy atom. The van der Waals surface area contributed by atoms with Crippen molar-refractivity contribution in [3.8, 4) is 11.3 Å². The van der Waals surface area contributed by atoms with Gasteiger partial charge in [0.05, 0.1) is 10.7 Å². The molecule has 0 aliphatic rings. The van der Waals surface area contributed by atoms with Crippen molar-refractivity contribution in [2.24, 2.45) is 7.05 Å². The summed E-state index contributed by atoms with van der Waals surface area (Å²) >= 11 is 6.35. The van der Waals surface area contributed by atoms with E-state index in [4.69, 9.17) is 11.6 Å². The molecule has 90 valence electrons. The molecule has 0 saturated heterocycles. The van der Waals surface area contributed by atoms with Gasteiger partial charge in [-0.15, -0.1) is 0 Å². The van der Waals surface area contributed by atoms with E-state index in [0.717, 1.165) is 22.0 Å². The molecule has 1 aromatic carbocycles. The molecule has 0 spiro atoms. The van der Waals surface area contributed by atoms with Gasteiger partial charge in [-0.25, -0.2) is 0 Å². The largest absolute Gasteiger partial charge is 0.271 e. The number of hydrogen-bond acceptors (Lipinski definition) is 1. The van der Waals surface area contributed by atoms with Crippen LogP contribution in [-0.4, -0.2) is 9.78 Å². The van der Waals surface area contributed by atoms with E-state index in [1.54, 1.807) is 0 Å². The smallest absolute Gasteiger partial charge is 0.112 e. The standard InChI is InChI=1S/C14H17ClN2/c1-8-6-9(2)12(10(3)7-8)14-13(15)11(4)17(5)16-14/h6-7H,1-5H3. The van der Waals surface area contributed by atoms with Crippen LogP contribution in [0.15, 0.2) is 12.1 Å². The van der Waals surface area contributed by atoms with Crippen LogP contribution in [0.2, 0.25) is 5.02 Å². The molecule has 1 aromatic heterocycles. The Hall–Kier alpha value is -1.28. The lowest BCUT2D eigenvalue weighted by Gasteiger charge is -2.09. The van der Waals surface area contributed by atoms with Crippen LogP contribution in [0, 0.1) is 27.7 Å². The van der Waals surface area contributed by atoms with Gasteiger partial charge in [-0.3, -0.25) is 4.68 Å². The van der Waals surface area contributed by atoms with E-state index < -0.39 is 0 Å². The molecule has 2 rings (SSSR count). The van der Waals surface area contributed by atoms with Crippen LogP contribution in [0.25, 0.3) is 11.3 Å². The van der Waals surface area contributed by atoms with Gasteiger partial charge in [0.25, 0.3) is 0 Å². The molecule has 0 radical (unpaired) electrons. The summed E-state index contributed by atoms with van der Waals surface area (Å²) in [5.41, 5.74) is 6.77. The molecule has 0 amide bonds. The van der Waals surface area contributed by atoms with E-state index in [2.05, 4.69) is 38.0 Å². The lowest BCUT2D eigenvalue weighted by molar-refractivity contribution is 0.742. The number of rotatable bonds is 1. The Bertz CT molecular complexity index is 559. The zero-order valence-electron chi connectivity index (χ0n) is 10.9. The van der Waals surface area contributed by atoms with Gasteiger partial charge in [0.1, 0.15) is 5.69 Å². The highest BCUT2D eigenvalue weighted by molar-refractivity contribution is 6.33. The zero-order chi connectivity index (χ0) is 12.7. The van der Waals surface area contributed by atoms with Crippen molar-refractivity contribution in [2.45, 2.75) is 27.7 Å². The van der Waals surface area contributed by atoms with E-state index in [1.165, 1.54) is 16.7 Å². The van der Waals surface area contributed by atoms with Gasteiger partial charge in [0.2, 0.25) is 0 Å². The van der Waals surface area contributed by atoms with E-state index in [-0.39, 0.29) is 0 Å². The van der Waals surface area contributed by atoms with Crippen molar-refractivity contribution in [1.29, 1.82) is 0 Å². The molecule has 0 aliphatic carbocycles. The highest BCUT2D eigenvalue weighted by Gasteiger charge is 2.16. The Morgan fingerprint density at radius 3 is 2.00 bits per heavy atom. The topological polar surface area (TPSA) is 17.8 Å². The van der Waals surface area contributed by atoms with Crippen molar-refractivity contribution in [2.75, 3.05) is 0 Å². The minimum absolute atomic E-state index is 0.752. The van der Waals surface area contributed by atoms with Crippen LogP contribution < -0.4 is 0 Å². The molecule has 1 heterocycles. The van der Waals surface area contributed by atoms with E-state index in [9.17, 15) is 0 Å². The molecule has 3 heteroatoms. The fourth-order valence-corrected chi connectivity index (χ4v) is 2.55. The Kier molecular flexibility index (Phi) is 3.00. The number of nitrogens with zero attached hydrogens (tertiary/aromatic N) is 2. The number of hydrogen-bond donors (Lipinski definition) is 0. The number of aryl methyl sites for hydroxylation is 4. The first-order valence-electron chi connectivity index (χ1n) is 5.69. The van der Waals surface area contributed by atoms with Crippen molar-refractivity contribution >= 4 is 11.6 Å². The van der Waals surface area contributed by atoms with Crippen LogP contribution in [0.5, 0.6) is 0 Å². The molecular formula is C14H17ClN2. The Balaban J connectivity index is 2.73. The minimum atomic E-state index is 0.752. The summed E-state index contributed by atoms with van der Waals surface area (Å²) in [7, 11) is 1.92. The fraction of sp³-hybridized carbons (Fsp3) is 0.357. The molecule has 0 fully saturated rings. The van der Waals surface area contributed by atoms with Gasteiger partial charge in [-0.05, 0) is 38.8 Å². The summed E-state index contributed by atoms with van der Waals surface area (Å²) < 4.78 is 1.83. The first-order chi connectivity index (χ1) is 7.91. The molecule has 0 N–H and O–H groups in total. The SMILES string of the molecule is Cc1cc(C)c(-c2nn(C)c(C)c2Cl)c(C)c1. The second kappa shape index (κ2) is 4.19. The predicted molar refractivity (Wildman–Crippen MR) is 72.6 cm³/mol. The van der Waals surface area contributed by atoms with Gasteiger partial charge >= 0.3 is 0 Å². The van der Waals surface area contributed by atoms with E-state index in [1.807, 2.05) is 18.7 Å². The van der Waals surface area contributed by atoms with Crippen molar-refractivity contribution in [3.05, 3.63) is 39.5 Å². The summed E-state index contributed by atoms with van der Waals surface area (Å²) in [4.78, 5) is 0. The van der Waals surface area contributed by atoms with Gasteiger partial charge in [0.15, 0.2) is 0 Å².